The standard InChI is InChI=1S/C31H33N3O2.ClH/c1-5-29-32-16-17-34(29)20-21-14-15-25(31(2,3)4)26(18-21)33-30(35)19-24-22-10-6-8-12-27(22)36-28-13-9-7-11-23(24)28;/h6-18,24H,5,19-20H2,1-4H3,(H,33,35);1H. The van der Waals surface area contributed by atoms with Gasteiger partial charge >= 0.3 is 0 Å². The van der Waals surface area contributed by atoms with E-state index >= 15 is 0 Å². The normalized spacial score (nSPS) is 12.6. The van der Waals surface area contributed by atoms with E-state index in [1.54, 1.807) is 0 Å². The SMILES string of the molecule is CCc1nccn1Cc1ccc(C(C)(C)C)c(NC(=O)CC2c3ccccc3Oc3ccccc32)c1.Cl. The van der Waals surface area contributed by atoms with Gasteiger partial charge in [0.2, 0.25) is 5.91 Å². The van der Waals surface area contributed by atoms with Crippen molar-refractivity contribution >= 4 is 24.0 Å². The molecule has 0 bridgehead atoms. The number of para-hydroxylation sites is 2. The average Bonchev–Trinajstić information content (AvgIpc) is 3.30. The average molecular weight is 516 g/mol. The van der Waals surface area contributed by atoms with Crippen LogP contribution < -0.4 is 10.1 Å². The van der Waals surface area contributed by atoms with Crippen LogP contribution in [0.5, 0.6) is 11.5 Å². The fourth-order valence-electron chi connectivity index (χ4n) is 5.06. The maximum atomic E-state index is 13.5. The third-order valence-electron chi connectivity index (χ3n) is 6.84. The Bertz CT molecular complexity index is 1360. The molecule has 0 radical (unpaired) electrons. The van der Waals surface area contributed by atoms with Crippen LogP contribution in [0, 0.1) is 0 Å². The van der Waals surface area contributed by atoms with E-state index in [1.807, 2.05) is 48.8 Å². The van der Waals surface area contributed by atoms with Crippen molar-refractivity contribution in [3.05, 3.63) is 107 Å². The number of aryl methyl sites for hydroxylation is 1. The van der Waals surface area contributed by atoms with Gasteiger partial charge in [-0.05, 0) is 34.7 Å². The topological polar surface area (TPSA) is 56.2 Å². The van der Waals surface area contributed by atoms with Gasteiger partial charge in [-0.25, -0.2) is 4.98 Å². The highest BCUT2D eigenvalue weighted by Gasteiger charge is 2.29. The molecule has 4 aromatic rings. The molecule has 0 spiro atoms. The molecule has 3 aromatic carbocycles. The summed E-state index contributed by atoms with van der Waals surface area (Å²) in [6.45, 7) is 9.35. The lowest BCUT2D eigenvalue weighted by Gasteiger charge is -2.28. The van der Waals surface area contributed by atoms with Crippen molar-refractivity contribution < 1.29 is 9.53 Å². The molecule has 0 saturated carbocycles. The molecule has 5 nitrogen and oxygen atoms in total. The second kappa shape index (κ2) is 10.8. The Morgan fingerprint density at radius 1 is 1.00 bits per heavy atom. The van der Waals surface area contributed by atoms with E-state index in [4.69, 9.17) is 4.74 Å². The number of rotatable bonds is 6. The van der Waals surface area contributed by atoms with Crippen molar-refractivity contribution in [2.45, 2.75) is 58.4 Å². The molecule has 1 amide bonds. The van der Waals surface area contributed by atoms with Crippen LogP contribution in [0.4, 0.5) is 5.69 Å². The third kappa shape index (κ3) is 5.57. The molecular formula is C31H34ClN3O2. The van der Waals surface area contributed by atoms with Gasteiger partial charge in [0.05, 0.1) is 0 Å². The van der Waals surface area contributed by atoms with E-state index in [2.05, 4.69) is 72.9 Å². The summed E-state index contributed by atoms with van der Waals surface area (Å²) < 4.78 is 8.28. The number of anilines is 1. The van der Waals surface area contributed by atoms with Crippen LogP contribution >= 0.6 is 12.4 Å². The van der Waals surface area contributed by atoms with Gasteiger partial charge in [-0.1, -0.05) is 76.2 Å². The Hall–Kier alpha value is -3.57. The Labute approximate surface area is 225 Å². The zero-order valence-electron chi connectivity index (χ0n) is 21.8. The van der Waals surface area contributed by atoms with Crippen LogP contribution in [0.25, 0.3) is 0 Å². The van der Waals surface area contributed by atoms with Gasteiger partial charge < -0.3 is 14.6 Å². The maximum absolute atomic E-state index is 13.5. The number of fused-ring (bicyclic) bond motifs is 2. The van der Waals surface area contributed by atoms with Crippen LogP contribution in [0.15, 0.2) is 79.1 Å². The first-order chi connectivity index (χ1) is 17.3. The first kappa shape index (κ1) is 26.5. The van der Waals surface area contributed by atoms with Crippen molar-refractivity contribution in [3.8, 4) is 11.5 Å². The zero-order valence-corrected chi connectivity index (χ0v) is 22.6. The van der Waals surface area contributed by atoms with Gasteiger partial charge in [0.15, 0.2) is 0 Å². The first-order valence-electron chi connectivity index (χ1n) is 12.6. The molecule has 0 atom stereocenters. The summed E-state index contributed by atoms with van der Waals surface area (Å²) in [5.74, 6) is 2.62. The molecule has 6 heteroatoms. The number of halogens is 1. The van der Waals surface area contributed by atoms with Gasteiger partial charge in [-0.2, -0.15) is 0 Å². The highest BCUT2D eigenvalue weighted by atomic mass is 35.5. The largest absolute Gasteiger partial charge is 0.457 e. The molecular weight excluding hydrogens is 482 g/mol. The van der Waals surface area contributed by atoms with Crippen LogP contribution in [-0.2, 0) is 23.2 Å². The van der Waals surface area contributed by atoms with Crippen molar-refractivity contribution in [1.82, 2.24) is 9.55 Å². The predicted octanol–water partition coefficient (Wildman–Crippen LogP) is 7.48. The number of aromatic nitrogens is 2. The second-order valence-corrected chi connectivity index (χ2v) is 10.4. The van der Waals surface area contributed by atoms with Crippen LogP contribution in [0.1, 0.15) is 68.1 Å². The van der Waals surface area contributed by atoms with Gasteiger partial charge in [-0.3, -0.25) is 4.79 Å². The quantitative estimate of drug-likeness (QED) is 0.289. The highest BCUT2D eigenvalue weighted by Crippen LogP contribution is 2.45. The Kier molecular flexibility index (Phi) is 7.74. The van der Waals surface area contributed by atoms with Crippen molar-refractivity contribution in [3.63, 3.8) is 0 Å². The number of carbonyl (C=O) groups is 1. The minimum Gasteiger partial charge on any atom is -0.457 e. The number of hydrogen-bond donors (Lipinski definition) is 1. The number of amides is 1. The Morgan fingerprint density at radius 3 is 2.27 bits per heavy atom. The lowest BCUT2D eigenvalue weighted by atomic mass is 9.84. The number of hydrogen-bond acceptors (Lipinski definition) is 3. The second-order valence-electron chi connectivity index (χ2n) is 10.4. The molecule has 1 aromatic heterocycles. The number of nitrogens with one attached hydrogen (secondary N) is 1. The van der Waals surface area contributed by atoms with Crippen molar-refractivity contribution in [1.29, 1.82) is 0 Å². The van der Waals surface area contributed by atoms with Crippen molar-refractivity contribution in [2.24, 2.45) is 0 Å². The molecule has 0 unspecified atom stereocenters. The summed E-state index contributed by atoms with van der Waals surface area (Å²) in [5.41, 5.74) is 5.10. The summed E-state index contributed by atoms with van der Waals surface area (Å²) in [6.07, 6.45) is 5.07. The maximum Gasteiger partial charge on any atom is 0.225 e. The molecule has 0 aliphatic carbocycles. The predicted molar refractivity (Wildman–Crippen MR) is 151 cm³/mol. The lowest BCUT2D eigenvalue weighted by molar-refractivity contribution is -0.116. The Morgan fingerprint density at radius 2 is 1.65 bits per heavy atom. The molecule has 1 N–H and O–H groups in total. The van der Waals surface area contributed by atoms with Gasteiger partial charge in [0, 0.05) is 54.5 Å². The summed E-state index contributed by atoms with van der Waals surface area (Å²) in [4.78, 5) is 18.0. The first-order valence-corrected chi connectivity index (χ1v) is 12.6. The minimum absolute atomic E-state index is 0. The van der Waals surface area contributed by atoms with Crippen LogP contribution in [0.2, 0.25) is 0 Å². The van der Waals surface area contributed by atoms with Crippen molar-refractivity contribution in [2.75, 3.05) is 5.32 Å². The fraction of sp³-hybridized carbons (Fsp3) is 0.290. The Balaban J connectivity index is 0.00000320. The van der Waals surface area contributed by atoms with E-state index in [1.165, 1.54) is 0 Å². The lowest BCUT2D eigenvalue weighted by Crippen LogP contribution is -2.22. The molecule has 1 aliphatic heterocycles. The smallest absolute Gasteiger partial charge is 0.225 e. The number of carbonyl (C=O) groups excluding carboxylic acids is 1. The van der Waals surface area contributed by atoms with Gasteiger partial charge in [-0.15, -0.1) is 12.4 Å². The molecule has 1 aliphatic rings. The molecule has 0 saturated heterocycles. The molecule has 192 valence electrons. The monoisotopic (exact) mass is 515 g/mol. The van der Waals surface area contributed by atoms with Crippen LogP contribution in [-0.4, -0.2) is 15.5 Å². The minimum atomic E-state index is -0.109. The van der Waals surface area contributed by atoms with E-state index in [0.717, 1.165) is 58.2 Å². The third-order valence-corrected chi connectivity index (χ3v) is 6.84. The molecule has 2 heterocycles. The summed E-state index contributed by atoms with van der Waals surface area (Å²) >= 11 is 0. The number of nitrogens with zero attached hydrogens (tertiary/aromatic N) is 2. The van der Waals surface area contributed by atoms with Gasteiger partial charge in [0.25, 0.3) is 0 Å². The highest BCUT2D eigenvalue weighted by molar-refractivity contribution is 5.93. The van der Waals surface area contributed by atoms with E-state index in [0.29, 0.717) is 6.42 Å². The number of benzene rings is 3. The fourth-order valence-corrected chi connectivity index (χ4v) is 5.06. The van der Waals surface area contributed by atoms with E-state index < -0.39 is 0 Å². The summed E-state index contributed by atoms with van der Waals surface area (Å²) in [6, 6.07) is 22.4. The molecule has 37 heavy (non-hydrogen) atoms. The van der Waals surface area contributed by atoms with Gasteiger partial charge in [0.1, 0.15) is 17.3 Å². The van der Waals surface area contributed by atoms with E-state index in [9.17, 15) is 4.79 Å². The summed E-state index contributed by atoms with van der Waals surface area (Å²) in [5, 5.41) is 3.27. The molecule has 5 rings (SSSR count). The summed E-state index contributed by atoms with van der Waals surface area (Å²) in [7, 11) is 0. The zero-order chi connectivity index (χ0) is 25.3. The van der Waals surface area contributed by atoms with E-state index in [-0.39, 0.29) is 29.6 Å². The number of ether oxygens (including phenoxy) is 1. The number of imidazole rings is 1. The molecule has 0 fully saturated rings. The van der Waals surface area contributed by atoms with Crippen LogP contribution in [0.3, 0.4) is 0 Å².